The van der Waals surface area contributed by atoms with Gasteiger partial charge in [-0.05, 0) is 13.8 Å². The van der Waals surface area contributed by atoms with Crippen LogP contribution in [0.5, 0.6) is 0 Å². The number of rotatable bonds is 4. The number of carbonyl (C=O) groups excluding carboxylic acids is 2. The second-order valence-electron chi connectivity index (χ2n) is 2.84. The van der Waals surface area contributed by atoms with Crippen molar-refractivity contribution in [3.63, 3.8) is 0 Å². The zero-order chi connectivity index (χ0) is 11.3. The van der Waals surface area contributed by atoms with E-state index in [1.54, 1.807) is 0 Å². The molecule has 80 valence electrons. The van der Waals surface area contributed by atoms with Gasteiger partial charge in [0.2, 0.25) is 5.91 Å². The fourth-order valence-electron chi connectivity index (χ4n) is 0.691. The number of aliphatic carboxylic acids is 1. The van der Waals surface area contributed by atoms with E-state index in [1.165, 1.54) is 20.8 Å². The maximum absolute atomic E-state index is 11.1. The molecule has 0 aliphatic rings. The Morgan fingerprint density at radius 2 is 1.79 bits per heavy atom. The Morgan fingerprint density at radius 3 is 2.14 bits per heavy atom. The number of hydrogen-bond acceptors (Lipinski definition) is 4. The summed E-state index contributed by atoms with van der Waals surface area (Å²) in [5, 5.41) is 10.7. The van der Waals surface area contributed by atoms with Gasteiger partial charge in [0.25, 0.3) is 0 Å². The van der Waals surface area contributed by atoms with Crippen LogP contribution < -0.4 is 5.32 Å². The van der Waals surface area contributed by atoms with Crippen LogP contribution in [0.4, 0.5) is 0 Å². The SMILES string of the molecule is CC(=O)N[C@H](C)C(=O)O[C@H](C)C(=O)O. The number of carboxylic acids is 1. The van der Waals surface area contributed by atoms with Crippen LogP contribution in [0.25, 0.3) is 0 Å². The highest BCUT2D eigenvalue weighted by molar-refractivity contribution is 5.84. The number of carboxylic acid groups (broad SMARTS) is 1. The summed E-state index contributed by atoms with van der Waals surface area (Å²) in [5.74, 6) is -2.37. The number of ether oxygens (including phenoxy) is 1. The molecule has 0 fully saturated rings. The molecule has 0 saturated carbocycles. The molecule has 0 spiro atoms. The van der Waals surface area contributed by atoms with Crippen LogP contribution in [0.1, 0.15) is 20.8 Å². The van der Waals surface area contributed by atoms with Gasteiger partial charge in [0, 0.05) is 6.92 Å². The van der Waals surface area contributed by atoms with Gasteiger partial charge in [-0.15, -0.1) is 0 Å². The van der Waals surface area contributed by atoms with E-state index in [1.807, 2.05) is 0 Å². The van der Waals surface area contributed by atoms with E-state index in [0.29, 0.717) is 0 Å². The van der Waals surface area contributed by atoms with Crippen LogP contribution >= 0.6 is 0 Å². The minimum absolute atomic E-state index is 0.377. The molecule has 2 N–H and O–H groups in total. The van der Waals surface area contributed by atoms with Crippen molar-refractivity contribution in [3.8, 4) is 0 Å². The number of nitrogens with one attached hydrogen (secondary N) is 1. The number of amides is 1. The van der Waals surface area contributed by atoms with E-state index < -0.39 is 24.1 Å². The van der Waals surface area contributed by atoms with E-state index in [-0.39, 0.29) is 5.91 Å². The molecule has 2 atom stereocenters. The topological polar surface area (TPSA) is 92.7 Å². The van der Waals surface area contributed by atoms with Crippen molar-refractivity contribution in [1.82, 2.24) is 5.32 Å². The molecule has 0 aromatic rings. The lowest BCUT2D eigenvalue weighted by Gasteiger charge is -2.14. The summed E-state index contributed by atoms with van der Waals surface area (Å²) in [4.78, 5) is 32.0. The van der Waals surface area contributed by atoms with E-state index in [0.717, 1.165) is 0 Å². The molecule has 0 aliphatic heterocycles. The summed E-state index contributed by atoms with van der Waals surface area (Å²) in [7, 11) is 0. The molecule has 0 aromatic heterocycles. The lowest BCUT2D eigenvalue weighted by Crippen LogP contribution is -2.40. The summed E-state index contributed by atoms with van der Waals surface area (Å²) < 4.78 is 4.52. The van der Waals surface area contributed by atoms with Gasteiger partial charge in [-0.2, -0.15) is 0 Å². The minimum Gasteiger partial charge on any atom is -0.479 e. The lowest BCUT2D eigenvalue weighted by molar-refractivity contribution is -0.164. The molecule has 0 aromatic carbocycles. The summed E-state index contributed by atoms with van der Waals surface area (Å²) in [6.07, 6.45) is -1.21. The molecular formula is C8H13NO5. The Hall–Kier alpha value is -1.59. The number of esters is 1. The molecule has 0 heterocycles. The summed E-state index contributed by atoms with van der Waals surface area (Å²) in [5.41, 5.74) is 0. The Bertz CT molecular complexity index is 250. The van der Waals surface area contributed by atoms with Crippen molar-refractivity contribution in [1.29, 1.82) is 0 Å². The molecule has 0 aliphatic carbocycles. The van der Waals surface area contributed by atoms with Gasteiger partial charge < -0.3 is 15.2 Å². The smallest absolute Gasteiger partial charge is 0.344 e. The third-order valence-electron chi connectivity index (χ3n) is 1.41. The van der Waals surface area contributed by atoms with E-state index >= 15 is 0 Å². The number of hydrogen-bond donors (Lipinski definition) is 2. The molecule has 0 rings (SSSR count). The van der Waals surface area contributed by atoms with Gasteiger partial charge in [0.1, 0.15) is 6.04 Å². The minimum atomic E-state index is -1.23. The normalized spacial score (nSPS) is 13.9. The summed E-state index contributed by atoms with van der Waals surface area (Å²) in [6, 6.07) is -0.839. The van der Waals surface area contributed by atoms with E-state index in [2.05, 4.69) is 10.1 Å². The molecule has 1 amide bonds. The van der Waals surface area contributed by atoms with Gasteiger partial charge in [-0.3, -0.25) is 4.79 Å². The summed E-state index contributed by atoms with van der Waals surface area (Å²) in [6.45, 7) is 3.91. The van der Waals surface area contributed by atoms with E-state index in [9.17, 15) is 14.4 Å². The Morgan fingerprint density at radius 1 is 1.29 bits per heavy atom. The Balaban J connectivity index is 4.07. The van der Waals surface area contributed by atoms with Crippen molar-refractivity contribution in [2.24, 2.45) is 0 Å². The third-order valence-corrected chi connectivity index (χ3v) is 1.41. The lowest BCUT2D eigenvalue weighted by atomic mass is 10.3. The molecule has 0 bridgehead atoms. The Labute approximate surface area is 81.2 Å². The van der Waals surface area contributed by atoms with Gasteiger partial charge >= 0.3 is 11.9 Å². The molecule has 0 saturated heterocycles. The van der Waals surface area contributed by atoms with Crippen molar-refractivity contribution < 1.29 is 24.2 Å². The maximum atomic E-state index is 11.1. The zero-order valence-corrected chi connectivity index (χ0v) is 8.23. The zero-order valence-electron chi connectivity index (χ0n) is 8.23. The highest BCUT2D eigenvalue weighted by atomic mass is 16.6. The van der Waals surface area contributed by atoms with Crippen LogP contribution in [-0.2, 0) is 19.1 Å². The molecular weight excluding hydrogens is 190 g/mol. The second-order valence-corrected chi connectivity index (χ2v) is 2.84. The second kappa shape index (κ2) is 5.21. The first-order chi connectivity index (χ1) is 6.34. The molecule has 6 nitrogen and oxygen atoms in total. The van der Waals surface area contributed by atoms with Crippen molar-refractivity contribution >= 4 is 17.8 Å². The van der Waals surface area contributed by atoms with Crippen LogP contribution in [0.15, 0.2) is 0 Å². The van der Waals surface area contributed by atoms with Crippen molar-refractivity contribution in [3.05, 3.63) is 0 Å². The molecule has 14 heavy (non-hydrogen) atoms. The third kappa shape index (κ3) is 4.44. The van der Waals surface area contributed by atoms with Crippen molar-refractivity contribution in [2.75, 3.05) is 0 Å². The Kier molecular flexibility index (Phi) is 4.62. The first-order valence-electron chi connectivity index (χ1n) is 4.05. The quantitative estimate of drug-likeness (QED) is 0.602. The highest BCUT2D eigenvalue weighted by Gasteiger charge is 2.21. The van der Waals surface area contributed by atoms with Gasteiger partial charge in [0.05, 0.1) is 0 Å². The first kappa shape index (κ1) is 12.4. The fourth-order valence-corrected chi connectivity index (χ4v) is 0.691. The molecule has 0 unspecified atom stereocenters. The van der Waals surface area contributed by atoms with Crippen LogP contribution in [0.3, 0.4) is 0 Å². The van der Waals surface area contributed by atoms with Gasteiger partial charge in [-0.1, -0.05) is 0 Å². The average Bonchev–Trinajstić information content (AvgIpc) is 2.02. The van der Waals surface area contributed by atoms with E-state index in [4.69, 9.17) is 5.11 Å². The fraction of sp³-hybridized carbons (Fsp3) is 0.625. The predicted octanol–water partition coefficient (Wildman–Crippen LogP) is -0.473. The van der Waals surface area contributed by atoms with Crippen LogP contribution in [-0.4, -0.2) is 35.1 Å². The average molecular weight is 203 g/mol. The number of carbonyl (C=O) groups is 3. The summed E-state index contributed by atoms with van der Waals surface area (Å²) >= 11 is 0. The largest absolute Gasteiger partial charge is 0.479 e. The van der Waals surface area contributed by atoms with Gasteiger partial charge in [-0.25, -0.2) is 9.59 Å². The van der Waals surface area contributed by atoms with Crippen molar-refractivity contribution in [2.45, 2.75) is 32.9 Å². The monoisotopic (exact) mass is 203 g/mol. The highest BCUT2D eigenvalue weighted by Crippen LogP contribution is 1.95. The molecule has 6 heteroatoms. The predicted molar refractivity (Wildman–Crippen MR) is 46.5 cm³/mol. The first-order valence-corrected chi connectivity index (χ1v) is 4.05. The molecule has 0 radical (unpaired) electrons. The van der Waals surface area contributed by atoms with Gasteiger partial charge in [0.15, 0.2) is 6.10 Å². The standard InChI is InChI=1S/C8H13NO5/c1-4(9-6(3)10)8(13)14-5(2)7(11)12/h4-5H,1-3H3,(H,9,10)(H,11,12)/t4-,5-/m1/s1. The van der Waals surface area contributed by atoms with Crippen LogP contribution in [0, 0.1) is 0 Å². The maximum Gasteiger partial charge on any atom is 0.344 e. The van der Waals surface area contributed by atoms with Crippen LogP contribution in [0.2, 0.25) is 0 Å².